The summed E-state index contributed by atoms with van der Waals surface area (Å²) in [5, 5.41) is 20.4. The Bertz CT molecular complexity index is 2260. The van der Waals surface area contributed by atoms with Gasteiger partial charge in [-0.25, -0.2) is 9.67 Å². The molecular formula is C38H41N9O4. The molecule has 51 heavy (non-hydrogen) atoms. The molecule has 2 N–H and O–H groups in total. The van der Waals surface area contributed by atoms with Crippen LogP contribution in [-0.4, -0.2) is 73.3 Å². The van der Waals surface area contributed by atoms with E-state index < -0.39 is 5.41 Å². The molecule has 4 aromatic heterocycles. The summed E-state index contributed by atoms with van der Waals surface area (Å²) in [6.45, 7) is 4.25. The number of aromatic nitrogens is 6. The molecule has 2 aliphatic carbocycles. The van der Waals surface area contributed by atoms with Crippen molar-refractivity contribution in [1.82, 2.24) is 34.4 Å². The molecule has 1 spiro atoms. The van der Waals surface area contributed by atoms with Crippen molar-refractivity contribution in [1.29, 1.82) is 5.26 Å². The Kier molecular flexibility index (Phi) is 7.70. The van der Waals surface area contributed by atoms with Crippen molar-refractivity contribution < 1.29 is 14.0 Å². The highest BCUT2D eigenvalue weighted by molar-refractivity contribution is 5.77. The van der Waals surface area contributed by atoms with Crippen LogP contribution >= 0.6 is 0 Å². The lowest BCUT2D eigenvalue weighted by Crippen LogP contribution is -2.38. The molecular weight excluding hydrogens is 646 g/mol. The summed E-state index contributed by atoms with van der Waals surface area (Å²) in [7, 11) is 2.13. The fourth-order valence-corrected chi connectivity index (χ4v) is 9.16. The van der Waals surface area contributed by atoms with Crippen molar-refractivity contribution in [2.24, 2.45) is 0 Å². The smallest absolute Gasteiger partial charge is 0.279 e. The predicted octanol–water partition coefficient (Wildman–Crippen LogP) is 4.87. The first kappa shape index (κ1) is 31.9. The van der Waals surface area contributed by atoms with Crippen molar-refractivity contribution >= 4 is 16.6 Å². The monoisotopic (exact) mass is 687 g/mol. The molecule has 4 aliphatic rings. The average Bonchev–Trinajstić information content (AvgIpc) is 3.96. The average molecular weight is 688 g/mol. The topological polar surface area (TPSA) is 163 Å². The van der Waals surface area contributed by atoms with Gasteiger partial charge in [0, 0.05) is 47.7 Å². The SMILES string of the molecule is CC(Oc1cc(-n2cc3ccn(C4CCOC4)c(=O)c3n2)nc(-c2noc3c2CCCC32CCCc3ccc(N)c(C#N)c32)n1)C1CCCN1C. The highest BCUT2D eigenvalue weighted by Crippen LogP contribution is 2.53. The van der Waals surface area contributed by atoms with Gasteiger partial charge in [-0.05, 0) is 102 Å². The van der Waals surface area contributed by atoms with E-state index in [-0.39, 0.29) is 23.7 Å². The van der Waals surface area contributed by atoms with Crippen molar-refractivity contribution in [3.05, 3.63) is 75.0 Å². The maximum absolute atomic E-state index is 13.6. The Hall–Kier alpha value is -5.06. The first-order valence-electron chi connectivity index (χ1n) is 18.1. The minimum absolute atomic E-state index is 0.00800. The third kappa shape index (κ3) is 5.14. The Morgan fingerprint density at radius 2 is 2.00 bits per heavy atom. The Morgan fingerprint density at radius 1 is 1.14 bits per heavy atom. The summed E-state index contributed by atoms with van der Waals surface area (Å²) >= 11 is 0. The number of rotatable bonds is 6. The second kappa shape index (κ2) is 12.3. The van der Waals surface area contributed by atoms with Crippen molar-refractivity contribution in [3.63, 3.8) is 0 Å². The fourth-order valence-electron chi connectivity index (χ4n) is 9.16. The zero-order valence-electron chi connectivity index (χ0n) is 29.0. The van der Waals surface area contributed by atoms with Crippen molar-refractivity contribution in [2.75, 3.05) is 32.5 Å². The number of pyridine rings is 1. The number of anilines is 1. The number of aryl methyl sites for hydroxylation is 1. The van der Waals surface area contributed by atoms with Gasteiger partial charge in [0.1, 0.15) is 12.2 Å². The number of nitrogens with zero attached hydrogens (tertiary/aromatic N) is 8. The molecule has 13 nitrogen and oxygen atoms in total. The number of nitriles is 1. The van der Waals surface area contributed by atoms with Crippen LogP contribution in [0, 0.1) is 11.3 Å². The van der Waals surface area contributed by atoms with Crippen LogP contribution in [-0.2, 0) is 23.0 Å². The highest BCUT2D eigenvalue weighted by Gasteiger charge is 2.48. The van der Waals surface area contributed by atoms with Gasteiger partial charge < -0.3 is 24.3 Å². The molecule has 0 amide bonds. The standard InChI is InChI=1S/C38H41N9O4/c1-22(29-8-5-15-45(29)2)50-31-18-30(47-20-24-11-16-46(25-12-17-49-21-25)37(48)33(24)43-47)41-36(42-31)34-26-7-4-14-38(35(26)51-44-34)13-3-6-23-9-10-28(40)27(19-39)32(23)38/h9-11,16,18,20,22,25,29H,3-8,12-15,17,21,40H2,1-2H3. The molecule has 4 unspecified atom stereocenters. The fraction of sp³-hybridized carbons (Fsp3) is 0.474. The Balaban J connectivity index is 1.17. The van der Waals surface area contributed by atoms with Crippen LogP contribution in [0.15, 0.2) is 46.0 Å². The van der Waals surface area contributed by atoms with Gasteiger partial charge in [-0.2, -0.15) is 15.3 Å². The van der Waals surface area contributed by atoms with E-state index in [9.17, 15) is 10.1 Å². The molecule has 0 bridgehead atoms. The quantitative estimate of drug-likeness (QED) is 0.242. The van der Waals surface area contributed by atoms with E-state index in [4.69, 9.17) is 34.8 Å². The van der Waals surface area contributed by atoms with Crippen molar-refractivity contribution in [2.45, 2.75) is 88.3 Å². The Morgan fingerprint density at radius 3 is 2.78 bits per heavy atom. The molecule has 13 heteroatoms. The zero-order valence-corrected chi connectivity index (χ0v) is 29.0. The zero-order chi connectivity index (χ0) is 34.9. The Labute approximate surface area is 295 Å². The van der Waals surface area contributed by atoms with Gasteiger partial charge in [0.25, 0.3) is 5.56 Å². The van der Waals surface area contributed by atoms with Crippen molar-refractivity contribution in [3.8, 4) is 29.3 Å². The second-order valence-electron chi connectivity index (χ2n) is 14.6. The summed E-state index contributed by atoms with van der Waals surface area (Å²) in [5.41, 5.74) is 10.7. The van der Waals surface area contributed by atoms with E-state index in [2.05, 4.69) is 36.2 Å². The molecule has 0 saturated carbocycles. The highest BCUT2D eigenvalue weighted by atomic mass is 16.5. The molecule has 1 aromatic carbocycles. The number of likely N-dealkylation sites (N-methyl/N-ethyl adjacent to an activating group) is 1. The van der Waals surface area contributed by atoms with Gasteiger partial charge in [0.2, 0.25) is 5.88 Å². The summed E-state index contributed by atoms with van der Waals surface area (Å²) in [6, 6.07) is 10.2. The lowest BCUT2D eigenvalue weighted by molar-refractivity contribution is 0.117. The molecule has 262 valence electrons. The number of hydrogen-bond acceptors (Lipinski definition) is 11. The number of hydrogen-bond donors (Lipinski definition) is 1. The lowest BCUT2D eigenvalue weighted by Gasteiger charge is -2.41. The van der Waals surface area contributed by atoms with E-state index in [1.165, 1.54) is 0 Å². The van der Waals surface area contributed by atoms with E-state index in [0.29, 0.717) is 58.6 Å². The molecule has 9 rings (SSSR count). The van der Waals surface area contributed by atoms with Crippen LogP contribution in [0.5, 0.6) is 5.88 Å². The number of likely N-dealkylation sites (tertiary alicyclic amines) is 1. The van der Waals surface area contributed by atoms with E-state index in [0.717, 1.165) is 86.8 Å². The molecule has 2 saturated heterocycles. The van der Waals surface area contributed by atoms with Crippen LogP contribution in [0.25, 0.3) is 28.2 Å². The largest absolute Gasteiger partial charge is 0.473 e. The third-order valence-corrected chi connectivity index (χ3v) is 11.7. The summed E-state index contributed by atoms with van der Waals surface area (Å²) in [5.74, 6) is 1.98. The van der Waals surface area contributed by atoms with Crippen LogP contribution in [0.3, 0.4) is 0 Å². The van der Waals surface area contributed by atoms with E-state index in [1.54, 1.807) is 15.3 Å². The molecule has 6 heterocycles. The minimum atomic E-state index is -0.505. The molecule has 5 aromatic rings. The predicted molar refractivity (Wildman–Crippen MR) is 189 cm³/mol. The number of ether oxygens (including phenoxy) is 2. The number of fused-ring (bicyclic) bond motifs is 5. The lowest BCUT2D eigenvalue weighted by atomic mass is 9.61. The number of benzene rings is 1. The molecule has 0 radical (unpaired) electrons. The number of nitrogens with two attached hydrogens (primary N) is 1. The number of nitrogen functional groups attached to an aromatic ring is 1. The first-order valence-corrected chi connectivity index (χ1v) is 18.1. The maximum Gasteiger partial charge on any atom is 0.279 e. The van der Waals surface area contributed by atoms with E-state index >= 15 is 0 Å². The van der Waals surface area contributed by atoms with Gasteiger partial charge >= 0.3 is 0 Å². The van der Waals surface area contributed by atoms with Crippen LogP contribution in [0.2, 0.25) is 0 Å². The maximum atomic E-state index is 13.6. The van der Waals surface area contributed by atoms with Crippen LogP contribution in [0.4, 0.5) is 5.69 Å². The third-order valence-electron chi connectivity index (χ3n) is 11.7. The summed E-state index contributed by atoms with van der Waals surface area (Å²) < 4.78 is 21.8. The van der Waals surface area contributed by atoms with Gasteiger partial charge in [0.05, 0.1) is 23.6 Å². The molecule has 2 fully saturated rings. The first-order chi connectivity index (χ1) is 24.8. The second-order valence-corrected chi connectivity index (χ2v) is 14.6. The minimum Gasteiger partial charge on any atom is -0.473 e. The molecule has 4 atom stereocenters. The van der Waals surface area contributed by atoms with Crippen LogP contribution in [0.1, 0.15) is 85.9 Å². The van der Waals surface area contributed by atoms with Crippen LogP contribution < -0.4 is 16.0 Å². The van der Waals surface area contributed by atoms with Gasteiger partial charge in [-0.3, -0.25) is 9.69 Å². The molecule has 2 aliphatic heterocycles. The van der Waals surface area contributed by atoms with Gasteiger partial charge in [-0.1, -0.05) is 11.2 Å². The van der Waals surface area contributed by atoms with Gasteiger partial charge in [-0.15, -0.1) is 0 Å². The van der Waals surface area contributed by atoms with E-state index in [1.807, 2.05) is 24.5 Å². The summed E-state index contributed by atoms with van der Waals surface area (Å²) in [4.78, 5) is 25.9. The van der Waals surface area contributed by atoms with Gasteiger partial charge in [0.15, 0.2) is 28.6 Å². The summed E-state index contributed by atoms with van der Waals surface area (Å²) in [6.07, 6.45) is 11.6. The normalized spacial score (nSPS) is 23.7.